The number of nitrogens with zero attached hydrogens (tertiary/aromatic N) is 2. The summed E-state index contributed by atoms with van der Waals surface area (Å²) in [5.41, 5.74) is 0.811. The highest BCUT2D eigenvalue weighted by molar-refractivity contribution is 7.09. The molecule has 19 heavy (non-hydrogen) atoms. The van der Waals surface area contributed by atoms with Gasteiger partial charge in [-0.1, -0.05) is 0 Å². The van der Waals surface area contributed by atoms with E-state index in [1.54, 1.807) is 7.05 Å². The van der Waals surface area contributed by atoms with Crippen molar-refractivity contribution in [2.45, 2.75) is 26.0 Å². The minimum atomic E-state index is -1.45. The predicted molar refractivity (Wildman–Crippen MR) is 70.0 cm³/mol. The molecule has 1 rings (SSSR count). The van der Waals surface area contributed by atoms with Crippen molar-refractivity contribution in [3.05, 3.63) is 16.1 Å². The molecular formula is C11H17N3O4S. The van der Waals surface area contributed by atoms with Crippen LogP contribution in [-0.2, 0) is 11.3 Å². The molecule has 0 spiro atoms. The molecule has 0 bridgehead atoms. The number of hydrogen-bond acceptors (Lipinski definition) is 5. The SMILES string of the molecule is Cc1nc(CN(C)C(=O)NCCC(O)C(=O)O)cs1. The van der Waals surface area contributed by atoms with Gasteiger partial charge in [0.2, 0.25) is 0 Å². The number of thiazole rings is 1. The van der Waals surface area contributed by atoms with E-state index in [0.717, 1.165) is 10.7 Å². The number of amides is 2. The van der Waals surface area contributed by atoms with E-state index in [9.17, 15) is 9.59 Å². The number of carbonyl (C=O) groups is 2. The van der Waals surface area contributed by atoms with Crippen molar-refractivity contribution in [1.82, 2.24) is 15.2 Å². The van der Waals surface area contributed by atoms with Crippen molar-refractivity contribution in [1.29, 1.82) is 0 Å². The van der Waals surface area contributed by atoms with Crippen molar-refractivity contribution in [2.24, 2.45) is 0 Å². The highest BCUT2D eigenvalue weighted by Crippen LogP contribution is 2.09. The van der Waals surface area contributed by atoms with Gasteiger partial charge in [-0.2, -0.15) is 0 Å². The molecule has 1 unspecified atom stereocenters. The van der Waals surface area contributed by atoms with Gasteiger partial charge in [-0.15, -0.1) is 11.3 Å². The molecule has 106 valence electrons. The summed E-state index contributed by atoms with van der Waals surface area (Å²) in [5.74, 6) is -1.29. The van der Waals surface area contributed by atoms with Crippen LogP contribution in [0.3, 0.4) is 0 Å². The van der Waals surface area contributed by atoms with Crippen LogP contribution in [0.25, 0.3) is 0 Å². The van der Waals surface area contributed by atoms with E-state index < -0.39 is 12.1 Å². The molecule has 0 aliphatic rings. The first kappa shape index (κ1) is 15.4. The van der Waals surface area contributed by atoms with E-state index >= 15 is 0 Å². The summed E-state index contributed by atoms with van der Waals surface area (Å²) in [6.07, 6.45) is -1.48. The summed E-state index contributed by atoms with van der Waals surface area (Å²) in [7, 11) is 1.62. The third-order valence-electron chi connectivity index (χ3n) is 2.39. The van der Waals surface area contributed by atoms with E-state index in [1.807, 2.05) is 12.3 Å². The number of carbonyl (C=O) groups excluding carboxylic acids is 1. The molecule has 0 aromatic carbocycles. The van der Waals surface area contributed by atoms with Crippen molar-refractivity contribution >= 4 is 23.3 Å². The lowest BCUT2D eigenvalue weighted by Crippen LogP contribution is -2.38. The highest BCUT2D eigenvalue weighted by atomic mass is 32.1. The van der Waals surface area contributed by atoms with Gasteiger partial charge in [-0.3, -0.25) is 0 Å². The molecule has 1 heterocycles. The van der Waals surface area contributed by atoms with E-state index in [4.69, 9.17) is 10.2 Å². The summed E-state index contributed by atoms with van der Waals surface area (Å²) in [5, 5.41) is 22.9. The highest BCUT2D eigenvalue weighted by Gasteiger charge is 2.14. The average Bonchev–Trinajstić information content (AvgIpc) is 2.74. The molecule has 3 N–H and O–H groups in total. The molecule has 0 aliphatic heterocycles. The Bertz CT molecular complexity index is 449. The lowest BCUT2D eigenvalue weighted by Gasteiger charge is -2.17. The molecule has 1 aromatic heterocycles. The number of carboxylic acid groups (broad SMARTS) is 1. The zero-order valence-corrected chi connectivity index (χ0v) is 11.6. The summed E-state index contributed by atoms with van der Waals surface area (Å²) in [6.45, 7) is 2.38. The van der Waals surface area contributed by atoms with Crippen LogP contribution >= 0.6 is 11.3 Å². The third-order valence-corrected chi connectivity index (χ3v) is 3.21. The molecule has 7 nitrogen and oxygen atoms in total. The molecule has 0 fully saturated rings. The van der Waals surface area contributed by atoms with Crippen LogP contribution in [0.15, 0.2) is 5.38 Å². The van der Waals surface area contributed by atoms with Gasteiger partial charge in [-0.25, -0.2) is 14.6 Å². The van der Waals surface area contributed by atoms with Crippen molar-refractivity contribution in [3.8, 4) is 0 Å². The number of carboxylic acids is 1. The maximum atomic E-state index is 11.7. The molecule has 0 aliphatic carbocycles. The second-order valence-corrected chi connectivity index (χ2v) is 5.15. The number of nitrogens with one attached hydrogen (secondary N) is 1. The van der Waals surface area contributed by atoms with Gasteiger partial charge in [-0.05, 0) is 6.92 Å². The Morgan fingerprint density at radius 1 is 1.58 bits per heavy atom. The van der Waals surface area contributed by atoms with Crippen molar-refractivity contribution < 1.29 is 19.8 Å². The standard InChI is InChI=1S/C11H17N3O4S/c1-7-13-8(6-19-7)5-14(2)11(18)12-4-3-9(15)10(16)17/h6,9,15H,3-5H2,1-2H3,(H,12,18)(H,16,17). The average molecular weight is 287 g/mol. The molecule has 0 saturated heterocycles. The first-order valence-corrected chi connectivity index (χ1v) is 6.59. The van der Waals surface area contributed by atoms with Gasteiger partial charge in [0.15, 0.2) is 6.10 Å². The molecule has 2 amide bonds. The number of aliphatic hydroxyl groups excluding tert-OH is 1. The second kappa shape index (κ2) is 7.05. The first-order chi connectivity index (χ1) is 8.90. The van der Waals surface area contributed by atoms with Crippen molar-refractivity contribution in [2.75, 3.05) is 13.6 Å². The molecule has 0 saturated carbocycles. The Morgan fingerprint density at radius 3 is 2.79 bits per heavy atom. The van der Waals surface area contributed by atoms with E-state index in [-0.39, 0.29) is 19.0 Å². The zero-order chi connectivity index (χ0) is 14.4. The summed E-state index contributed by atoms with van der Waals surface area (Å²) in [6, 6.07) is -0.330. The van der Waals surface area contributed by atoms with Crippen LogP contribution in [0.5, 0.6) is 0 Å². The molecular weight excluding hydrogens is 270 g/mol. The van der Waals surface area contributed by atoms with Crippen LogP contribution in [0.4, 0.5) is 4.79 Å². The maximum Gasteiger partial charge on any atom is 0.332 e. The van der Waals surface area contributed by atoms with Gasteiger partial charge < -0.3 is 20.4 Å². The van der Waals surface area contributed by atoms with Crippen LogP contribution in [0, 0.1) is 6.92 Å². The van der Waals surface area contributed by atoms with Crippen LogP contribution in [0.2, 0.25) is 0 Å². The lowest BCUT2D eigenvalue weighted by atomic mass is 10.2. The quantitative estimate of drug-likeness (QED) is 0.704. The van der Waals surface area contributed by atoms with Gasteiger partial charge in [0.05, 0.1) is 17.2 Å². The second-order valence-electron chi connectivity index (χ2n) is 4.09. The van der Waals surface area contributed by atoms with E-state index in [2.05, 4.69) is 10.3 Å². The largest absolute Gasteiger partial charge is 0.479 e. The molecule has 1 aromatic rings. The van der Waals surface area contributed by atoms with E-state index in [1.165, 1.54) is 16.2 Å². The summed E-state index contributed by atoms with van der Waals surface area (Å²) in [4.78, 5) is 27.7. The maximum absolute atomic E-state index is 11.7. The topological polar surface area (TPSA) is 103 Å². The number of hydrogen-bond donors (Lipinski definition) is 3. The molecule has 1 atom stereocenters. The summed E-state index contributed by atoms with van der Waals surface area (Å²) >= 11 is 1.52. The predicted octanol–water partition coefficient (Wildman–Crippen LogP) is 0.429. The molecule has 8 heteroatoms. The van der Waals surface area contributed by atoms with E-state index in [0.29, 0.717) is 6.54 Å². The van der Waals surface area contributed by atoms with Crippen LogP contribution in [0.1, 0.15) is 17.1 Å². The van der Waals surface area contributed by atoms with Gasteiger partial charge in [0.1, 0.15) is 0 Å². The number of urea groups is 1. The Morgan fingerprint density at radius 2 is 2.26 bits per heavy atom. The minimum Gasteiger partial charge on any atom is -0.479 e. The van der Waals surface area contributed by atoms with Gasteiger partial charge in [0.25, 0.3) is 0 Å². The van der Waals surface area contributed by atoms with Gasteiger partial charge in [0, 0.05) is 25.4 Å². The third kappa shape index (κ3) is 5.23. The normalized spacial score (nSPS) is 11.9. The van der Waals surface area contributed by atoms with Crippen LogP contribution < -0.4 is 5.32 Å². The van der Waals surface area contributed by atoms with Crippen molar-refractivity contribution in [3.63, 3.8) is 0 Å². The van der Waals surface area contributed by atoms with Crippen LogP contribution in [-0.4, -0.2) is 51.8 Å². The fourth-order valence-electron chi connectivity index (χ4n) is 1.37. The minimum absolute atomic E-state index is 0.0231. The Balaban J connectivity index is 2.31. The number of aliphatic hydroxyl groups is 1. The number of aromatic nitrogens is 1. The fraction of sp³-hybridized carbons (Fsp3) is 0.545. The zero-order valence-electron chi connectivity index (χ0n) is 10.8. The lowest BCUT2D eigenvalue weighted by molar-refractivity contribution is -0.146. The summed E-state index contributed by atoms with van der Waals surface area (Å²) < 4.78 is 0. The Hall–Kier alpha value is -1.67. The Labute approximate surface area is 114 Å². The Kier molecular flexibility index (Phi) is 5.71. The van der Waals surface area contributed by atoms with Gasteiger partial charge >= 0.3 is 12.0 Å². The number of rotatable bonds is 6. The molecule has 0 radical (unpaired) electrons. The first-order valence-electron chi connectivity index (χ1n) is 5.71. The number of aliphatic carboxylic acids is 1. The monoisotopic (exact) mass is 287 g/mol. The smallest absolute Gasteiger partial charge is 0.332 e. The number of aryl methyl sites for hydroxylation is 1. The fourth-order valence-corrected chi connectivity index (χ4v) is 1.97.